The fraction of sp³-hybridized carbons (Fsp3) is 0.391. The first-order valence-electron chi connectivity index (χ1n) is 9.68. The molecule has 4 nitrogen and oxygen atoms in total. The molecule has 2 atom stereocenters. The van der Waals surface area contributed by atoms with Gasteiger partial charge in [0.2, 0.25) is 0 Å². The molecule has 0 aromatic heterocycles. The molecule has 0 radical (unpaired) electrons. The van der Waals surface area contributed by atoms with Crippen molar-refractivity contribution >= 4 is 11.6 Å². The number of amides is 1. The van der Waals surface area contributed by atoms with Gasteiger partial charge in [-0.3, -0.25) is 4.79 Å². The van der Waals surface area contributed by atoms with Crippen LogP contribution in [-0.2, 0) is 16.0 Å². The molecule has 140 valence electrons. The highest BCUT2D eigenvalue weighted by molar-refractivity contribution is 6.16. The van der Waals surface area contributed by atoms with Crippen LogP contribution in [0, 0.1) is 5.92 Å². The third-order valence-electron chi connectivity index (χ3n) is 5.44. The molecule has 2 aromatic rings. The summed E-state index contributed by atoms with van der Waals surface area (Å²) < 4.78 is 5.84. The molecule has 0 aliphatic carbocycles. The summed E-state index contributed by atoms with van der Waals surface area (Å²) in [6.45, 7) is 4.84. The molecule has 2 aliphatic rings. The lowest BCUT2D eigenvalue weighted by molar-refractivity contribution is -0.140. The van der Waals surface area contributed by atoms with E-state index in [1.165, 1.54) is 0 Å². The second kappa shape index (κ2) is 7.28. The molecule has 2 aliphatic heterocycles. The van der Waals surface area contributed by atoms with Crippen LogP contribution < -0.4 is 0 Å². The van der Waals surface area contributed by atoms with Gasteiger partial charge in [-0.2, -0.15) is 5.10 Å². The SMILES string of the molecule is CC1(C)CC(N2N=C(c3ccccc3)C(Cc3ccccc3)C2=O)CCO1. The van der Waals surface area contributed by atoms with Crippen LogP contribution in [0.15, 0.2) is 65.8 Å². The van der Waals surface area contributed by atoms with E-state index in [-0.39, 0.29) is 23.5 Å². The Kier molecular flexibility index (Phi) is 4.83. The Morgan fingerprint density at radius 3 is 2.41 bits per heavy atom. The maximum atomic E-state index is 13.4. The molecule has 4 rings (SSSR count). The van der Waals surface area contributed by atoms with Gasteiger partial charge in [0.05, 0.1) is 23.3 Å². The average molecular weight is 362 g/mol. The zero-order chi connectivity index (χ0) is 18.9. The van der Waals surface area contributed by atoms with Crippen molar-refractivity contribution in [1.29, 1.82) is 0 Å². The lowest BCUT2D eigenvalue weighted by atomic mass is 9.89. The van der Waals surface area contributed by atoms with Crippen LogP contribution in [0.5, 0.6) is 0 Å². The standard InChI is InChI=1S/C23H26N2O2/c1-23(2)16-19(13-14-27-23)25-22(26)20(15-17-9-5-3-6-10-17)21(24-25)18-11-7-4-8-12-18/h3-12,19-20H,13-16H2,1-2H3. The first-order chi connectivity index (χ1) is 13.0. The molecule has 27 heavy (non-hydrogen) atoms. The van der Waals surface area contributed by atoms with E-state index >= 15 is 0 Å². The first-order valence-corrected chi connectivity index (χ1v) is 9.68. The van der Waals surface area contributed by atoms with E-state index in [9.17, 15) is 4.79 Å². The second-order valence-electron chi connectivity index (χ2n) is 8.03. The number of carbonyl (C=O) groups is 1. The predicted octanol–water partition coefficient (Wildman–Crippen LogP) is 4.05. The third-order valence-corrected chi connectivity index (χ3v) is 5.44. The largest absolute Gasteiger partial charge is 0.375 e. The molecule has 1 fully saturated rings. The lowest BCUT2D eigenvalue weighted by Crippen LogP contribution is -2.46. The van der Waals surface area contributed by atoms with E-state index in [0.717, 1.165) is 29.7 Å². The van der Waals surface area contributed by atoms with Crippen molar-refractivity contribution < 1.29 is 9.53 Å². The summed E-state index contributed by atoms with van der Waals surface area (Å²) in [6, 6.07) is 20.4. The Labute approximate surface area is 160 Å². The summed E-state index contributed by atoms with van der Waals surface area (Å²) in [5, 5.41) is 6.60. The van der Waals surface area contributed by atoms with Crippen molar-refractivity contribution in [2.75, 3.05) is 6.61 Å². The first kappa shape index (κ1) is 17.9. The van der Waals surface area contributed by atoms with Crippen LogP contribution in [-0.4, -0.2) is 34.9 Å². The molecular formula is C23H26N2O2. The van der Waals surface area contributed by atoms with Gasteiger partial charge < -0.3 is 4.74 Å². The molecule has 0 spiro atoms. The van der Waals surface area contributed by atoms with Gasteiger partial charge in [-0.25, -0.2) is 5.01 Å². The quantitative estimate of drug-likeness (QED) is 0.823. The summed E-state index contributed by atoms with van der Waals surface area (Å²) in [7, 11) is 0. The number of hydrazone groups is 1. The minimum Gasteiger partial charge on any atom is -0.375 e. The Morgan fingerprint density at radius 1 is 1.07 bits per heavy atom. The molecule has 2 unspecified atom stereocenters. The number of nitrogens with zero attached hydrogens (tertiary/aromatic N) is 2. The van der Waals surface area contributed by atoms with Gasteiger partial charge >= 0.3 is 0 Å². The molecular weight excluding hydrogens is 336 g/mol. The van der Waals surface area contributed by atoms with Crippen LogP contribution in [0.25, 0.3) is 0 Å². The molecule has 0 saturated carbocycles. The van der Waals surface area contributed by atoms with Gasteiger partial charge in [-0.1, -0.05) is 60.7 Å². The van der Waals surface area contributed by atoms with E-state index in [0.29, 0.717) is 13.0 Å². The monoisotopic (exact) mass is 362 g/mol. The molecule has 2 heterocycles. The van der Waals surface area contributed by atoms with Gasteiger partial charge in [-0.05, 0) is 44.2 Å². The van der Waals surface area contributed by atoms with Crippen LogP contribution >= 0.6 is 0 Å². The van der Waals surface area contributed by atoms with Crippen molar-refractivity contribution in [3.05, 3.63) is 71.8 Å². The summed E-state index contributed by atoms with van der Waals surface area (Å²) >= 11 is 0. The fourth-order valence-corrected chi connectivity index (χ4v) is 4.08. The Morgan fingerprint density at radius 2 is 1.74 bits per heavy atom. The number of hydrogen-bond acceptors (Lipinski definition) is 3. The molecule has 0 bridgehead atoms. The Bertz CT molecular complexity index is 830. The van der Waals surface area contributed by atoms with Crippen molar-refractivity contribution in [3.63, 3.8) is 0 Å². The van der Waals surface area contributed by atoms with Crippen molar-refractivity contribution in [1.82, 2.24) is 5.01 Å². The minimum atomic E-state index is -0.235. The highest BCUT2D eigenvalue weighted by atomic mass is 16.5. The number of hydrogen-bond donors (Lipinski definition) is 0. The maximum absolute atomic E-state index is 13.4. The minimum absolute atomic E-state index is 0.0979. The summed E-state index contributed by atoms with van der Waals surface area (Å²) in [6.07, 6.45) is 2.32. The second-order valence-corrected chi connectivity index (χ2v) is 8.03. The van der Waals surface area contributed by atoms with E-state index in [1.807, 2.05) is 48.5 Å². The fourth-order valence-electron chi connectivity index (χ4n) is 4.08. The third kappa shape index (κ3) is 3.81. The number of rotatable bonds is 4. The molecule has 1 amide bonds. The van der Waals surface area contributed by atoms with Gasteiger partial charge in [0, 0.05) is 6.61 Å². The zero-order valence-corrected chi connectivity index (χ0v) is 16.0. The molecule has 1 saturated heterocycles. The van der Waals surface area contributed by atoms with Gasteiger partial charge in [0.15, 0.2) is 0 Å². The van der Waals surface area contributed by atoms with Crippen molar-refractivity contribution in [2.24, 2.45) is 11.0 Å². The van der Waals surface area contributed by atoms with E-state index in [4.69, 9.17) is 9.84 Å². The normalized spacial score (nSPS) is 24.7. The predicted molar refractivity (Wildman–Crippen MR) is 107 cm³/mol. The van der Waals surface area contributed by atoms with E-state index in [2.05, 4.69) is 26.0 Å². The lowest BCUT2D eigenvalue weighted by Gasteiger charge is -2.38. The van der Waals surface area contributed by atoms with Crippen LogP contribution in [0.1, 0.15) is 37.8 Å². The van der Waals surface area contributed by atoms with Crippen LogP contribution in [0.2, 0.25) is 0 Å². The molecule has 2 aromatic carbocycles. The van der Waals surface area contributed by atoms with Gasteiger partial charge in [-0.15, -0.1) is 0 Å². The zero-order valence-electron chi connectivity index (χ0n) is 16.0. The van der Waals surface area contributed by atoms with Crippen molar-refractivity contribution in [2.45, 2.75) is 44.8 Å². The topological polar surface area (TPSA) is 41.9 Å². The summed E-state index contributed by atoms with van der Waals surface area (Å²) in [5.41, 5.74) is 2.85. The van der Waals surface area contributed by atoms with E-state index in [1.54, 1.807) is 5.01 Å². The maximum Gasteiger partial charge on any atom is 0.252 e. The average Bonchev–Trinajstić information content (AvgIpc) is 2.99. The van der Waals surface area contributed by atoms with Gasteiger partial charge in [0.25, 0.3) is 5.91 Å². The molecule has 0 N–H and O–H groups in total. The Balaban J connectivity index is 1.66. The van der Waals surface area contributed by atoms with Crippen LogP contribution in [0.4, 0.5) is 0 Å². The number of ether oxygens (including phenoxy) is 1. The van der Waals surface area contributed by atoms with E-state index < -0.39 is 0 Å². The molecule has 4 heteroatoms. The Hall–Kier alpha value is -2.46. The highest BCUT2D eigenvalue weighted by Gasteiger charge is 2.42. The smallest absolute Gasteiger partial charge is 0.252 e. The number of benzene rings is 2. The summed E-state index contributed by atoms with van der Waals surface area (Å²) in [5.74, 6) is -0.124. The number of carbonyl (C=O) groups excluding carboxylic acids is 1. The summed E-state index contributed by atoms with van der Waals surface area (Å²) in [4.78, 5) is 13.4. The van der Waals surface area contributed by atoms with Crippen LogP contribution in [0.3, 0.4) is 0 Å². The van der Waals surface area contributed by atoms with Crippen molar-refractivity contribution in [3.8, 4) is 0 Å². The van der Waals surface area contributed by atoms with Gasteiger partial charge in [0.1, 0.15) is 0 Å². The highest BCUT2D eigenvalue weighted by Crippen LogP contribution is 2.33.